The molecular weight excluding hydrogens is 382 g/mol. The summed E-state index contributed by atoms with van der Waals surface area (Å²) in [6, 6.07) is 11.4. The van der Waals surface area contributed by atoms with E-state index in [1.807, 2.05) is 40.9 Å². The molecule has 2 heterocycles. The standard InChI is InChI=1S/C13H7Cl2IN2/c14-8-4-5-9(10(15)7-8)12-13(16)18-6-2-1-3-11(18)17-12/h1-7H. The van der Waals surface area contributed by atoms with E-state index < -0.39 is 0 Å². The summed E-state index contributed by atoms with van der Waals surface area (Å²) in [5.41, 5.74) is 2.68. The maximum Gasteiger partial charge on any atom is 0.138 e. The second kappa shape index (κ2) is 4.72. The zero-order valence-corrected chi connectivity index (χ0v) is 12.7. The van der Waals surface area contributed by atoms with Crippen LogP contribution in [0.3, 0.4) is 0 Å². The molecule has 3 aromatic rings. The van der Waals surface area contributed by atoms with Crippen molar-refractivity contribution in [2.45, 2.75) is 0 Å². The largest absolute Gasteiger partial charge is 0.294 e. The van der Waals surface area contributed by atoms with Gasteiger partial charge in [0.25, 0.3) is 0 Å². The van der Waals surface area contributed by atoms with Crippen LogP contribution >= 0.6 is 45.8 Å². The Hall–Kier alpha value is -0.780. The summed E-state index contributed by atoms with van der Waals surface area (Å²) >= 11 is 14.4. The molecule has 0 N–H and O–H groups in total. The number of imidazole rings is 1. The zero-order valence-electron chi connectivity index (χ0n) is 9.07. The van der Waals surface area contributed by atoms with Crippen molar-refractivity contribution in [1.82, 2.24) is 9.38 Å². The number of benzene rings is 1. The van der Waals surface area contributed by atoms with E-state index in [1.54, 1.807) is 6.07 Å². The molecule has 0 fully saturated rings. The molecule has 5 heteroatoms. The van der Waals surface area contributed by atoms with Gasteiger partial charge < -0.3 is 0 Å². The molecule has 0 aliphatic heterocycles. The van der Waals surface area contributed by atoms with Gasteiger partial charge in [0.2, 0.25) is 0 Å². The number of halogens is 3. The van der Waals surface area contributed by atoms with Crippen molar-refractivity contribution >= 4 is 51.4 Å². The summed E-state index contributed by atoms with van der Waals surface area (Å²) < 4.78 is 3.06. The summed E-state index contributed by atoms with van der Waals surface area (Å²) in [6.45, 7) is 0. The summed E-state index contributed by atoms with van der Waals surface area (Å²) in [7, 11) is 0. The fourth-order valence-electron chi connectivity index (χ4n) is 1.82. The van der Waals surface area contributed by atoms with Crippen molar-refractivity contribution < 1.29 is 0 Å². The molecule has 18 heavy (non-hydrogen) atoms. The predicted molar refractivity (Wildman–Crippen MR) is 83.4 cm³/mol. The minimum absolute atomic E-state index is 0.615. The first-order chi connectivity index (χ1) is 8.66. The number of hydrogen-bond donors (Lipinski definition) is 0. The summed E-state index contributed by atoms with van der Waals surface area (Å²) in [6.07, 6.45) is 1.98. The van der Waals surface area contributed by atoms with Gasteiger partial charge in [-0.25, -0.2) is 4.98 Å². The second-order valence-electron chi connectivity index (χ2n) is 3.80. The number of fused-ring (bicyclic) bond motifs is 1. The predicted octanol–water partition coefficient (Wildman–Crippen LogP) is 4.91. The Balaban J connectivity index is 2.28. The van der Waals surface area contributed by atoms with Crippen LogP contribution in [0, 0.1) is 3.70 Å². The lowest BCUT2D eigenvalue weighted by Crippen LogP contribution is -1.86. The van der Waals surface area contributed by atoms with Gasteiger partial charge >= 0.3 is 0 Å². The third-order valence-electron chi connectivity index (χ3n) is 2.66. The lowest BCUT2D eigenvalue weighted by molar-refractivity contribution is 1.15. The smallest absolute Gasteiger partial charge is 0.138 e. The van der Waals surface area contributed by atoms with Gasteiger partial charge in [-0.15, -0.1) is 0 Å². The van der Waals surface area contributed by atoms with Gasteiger partial charge in [-0.1, -0.05) is 29.3 Å². The molecule has 0 saturated carbocycles. The molecule has 0 saturated heterocycles. The van der Waals surface area contributed by atoms with E-state index in [2.05, 4.69) is 27.6 Å². The molecule has 0 amide bonds. The normalized spacial score (nSPS) is 11.1. The highest BCUT2D eigenvalue weighted by Crippen LogP contribution is 2.32. The van der Waals surface area contributed by atoms with Crippen molar-refractivity contribution in [2.75, 3.05) is 0 Å². The van der Waals surface area contributed by atoms with Crippen LogP contribution in [-0.4, -0.2) is 9.38 Å². The van der Waals surface area contributed by atoms with Crippen LogP contribution in [0.25, 0.3) is 16.9 Å². The highest BCUT2D eigenvalue weighted by molar-refractivity contribution is 14.1. The van der Waals surface area contributed by atoms with Crippen LogP contribution in [0.5, 0.6) is 0 Å². The molecule has 2 nitrogen and oxygen atoms in total. The van der Waals surface area contributed by atoms with Gasteiger partial charge in [0.15, 0.2) is 0 Å². The molecular formula is C13H7Cl2IN2. The van der Waals surface area contributed by atoms with Crippen LogP contribution in [0.15, 0.2) is 42.6 Å². The Labute approximate surface area is 128 Å². The first kappa shape index (κ1) is 12.3. The lowest BCUT2D eigenvalue weighted by Gasteiger charge is -2.02. The lowest BCUT2D eigenvalue weighted by atomic mass is 10.2. The first-order valence-electron chi connectivity index (χ1n) is 5.25. The monoisotopic (exact) mass is 388 g/mol. The van der Waals surface area contributed by atoms with Gasteiger partial charge in [0, 0.05) is 16.8 Å². The van der Waals surface area contributed by atoms with Crippen molar-refractivity contribution in [1.29, 1.82) is 0 Å². The molecule has 0 aliphatic carbocycles. The molecule has 0 spiro atoms. The van der Waals surface area contributed by atoms with E-state index in [0.29, 0.717) is 10.0 Å². The van der Waals surface area contributed by atoms with Crippen LogP contribution < -0.4 is 0 Å². The van der Waals surface area contributed by atoms with Crippen LogP contribution in [0.4, 0.5) is 0 Å². The van der Waals surface area contributed by atoms with E-state index in [0.717, 1.165) is 20.6 Å². The summed E-state index contributed by atoms with van der Waals surface area (Å²) in [5, 5.41) is 1.24. The van der Waals surface area contributed by atoms with E-state index in [-0.39, 0.29) is 0 Å². The molecule has 0 atom stereocenters. The molecule has 90 valence electrons. The Morgan fingerprint density at radius 1 is 1.11 bits per heavy atom. The summed E-state index contributed by atoms with van der Waals surface area (Å²) in [5.74, 6) is 0. The number of aromatic nitrogens is 2. The average Bonchev–Trinajstić information content (AvgIpc) is 2.68. The van der Waals surface area contributed by atoms with Crippen molar-refractivity contribution in [3.05, 3.63) is 56.3 Å². The second-order valence-corrected chi connectivity index (χ2v) is 5.67. The highest BCUT2D eigenvalue weighted by Gasteiger charge is 2.14. The zero-order chi connectivity index (χ0) is 12.7. The molecule has 0 unspecified atom stereocenters. The number of nitrogens with zero attached hydrogens (tertiary/aromatic N) is 2. The van der Waals surface area contributed by atoms with E-state index in [9.17, 15) is 0 Å². The molecule has 2 aromatic heterocycles. The Morgan fingerprint density at radius 2 is 1.94 bits per heavy atom. The maximum atomic E-state index is 6.23. The fraction of sp³-hybridized carbons (Fsp3) is 0. The van der Waals surface area contributed by atoms with Crippen LogP contribution in [-0.2, 0) is 0 Å². The topological polar surface area (TPSA) is 17.3 Å². The molecule has 0 radical (unpaired) electrons. The third-order valence-corrected chi connectivity index (χ3v) is 4.24. The van der Waals surface area contributed by atoms with Gasteiger partial charge in [-0.2, -0.15) is 0 Å². The maximum absolute atomic E-state index is 6.23. The van der Waals surface area contributed by atoms with Crippen molar-refractivity contribution in [2.24, 2.45) is 0 Å². The minimum Gasteiger partial charge on any atom is -0.294 e. The average molecular weight is 389 g/mol. The molecule has 3 rings (SSSR count). The number of pyridine rings is 1. The van der Waals surface area contributed by atoms with E-state index in [1.165, 1.54) is 0 Å². The van der Waals surface area contributed by atoms with Crippen LogP contribution in [0.2, 0.25) is 10.0 Å². The summed E-state index contributed by atoms with van der Waals surface area (Å²) in [4.78, 5) is 4.60. The third kappa shape index (κ3) is 2.00. The van der Waals surface area contributed by atoms with Gasteiger partial charge in [0.05, 0.1) is 5.02 Å². The minimum atomic E-state index is 0.615. The number of hydrogen-bond acceptors (Lipinski definition) is 1. The fourth-order valence-corrected chi connectivity index (χ4v) is 3.14. The Morgan fingerprint density at radius 3 is 2.67 bits per heavy atom. The van der Waals surface area contributed by atoms with Gasteiger partial charge in [-0.05, 0) is 52.9 Å². The first-order valence-corrected chi connectivity index (χ1v) is 7.08. The molecule has 1 aromatic carbocycles. The quantitative estimate of drug-likeness (QED) is 0.541. The van der Waals surface area contributed by atoms with Crippen molar-refractivity contribution in [3.8, 4) is 11.3 Å². The molecule has 0 aliphatic rings. The van der Waals surface area contributed by atoms with Gasteiger partial charge in [0.1, 0.15) is 15.0 Å². The number of rotatable bonds is 1. The highest BCUT2D eigenvalue weighted by atomic mass is 127. The molecule has 0 bridgehead atoms. The Kier molecular flexibility index (Phi) is 3.21. The van der Waals surface area contributed by atoms with Crippen molar-refractivity contribution in [3.63, 3.8) is 0 Å². The van der Waals surface area contributed by atoms with E-state index in [4.69, 9.17) is 23.2 Å². The Bertz CT molecular complexity index is 737. The van der Waals surface area contributed by atoms with Crippen LogP contribution in [0.1, 0.15) is 0 Å². The van der Waals surface area contributed by atoms with E-state index >= 15 is 0 Å². The van der Waals surface area contributed by atoms with Gasteiger partial charge in [-0.3, -0.25) is 4.40 Å². The SMILES string of the molecule is Clc1ccc(-c2nc3ccccn3c2I)c(Cl)c1.